The van der Waals surface area contributed by atoms with Crippen LogP contribution in [0.15, 0.2) is 43.0 Å². The lowest BCUT2D eigenvalue weighted by Crippen LogP contribution is -2.41. The molecule has 8 nitrogen and oxygen atoms in total. The van der Waals surface area contributed by atoms with Gasteiger partial charge in [0.2, 0.25) is 17.7 Å². The van der Waals surface area contributed by atoms with Gasteiger partial charge in [-0.25, -0.2) is 4.98 Å². The number of benzene rings is 1. The molecule has 2 aromatic heterocycles. The van der Waals surface area contributed by atoms with E-state index in [1.54, 1.807) is 25.8 Å². The van der Waals surface area contributed by atoms with Gasteiger partial charge in [-0.3, -0.25) is 9.78 Å². The Morgan fingerprint density at radius 2 is 1.96 bits per heavy atom. The quantitative estimate of drug-likeness (QED) is 0.705. The molecule has 1 aromatic carbocycles. The van der Waals surface area contributed by atoms with Crippen molar-refractivity contribution in [2.75, 3.05) is 7.11 Å². The zero-order chi connectivity index (χ0) is 19.3. The molecule has 1 aliphatic carbocycles. The first kappa shape index (κ1) is 18.2. The topological polar surface area (TPSA) is 91.2 Å². The van der Waals surface area contributed by atoms with Crippen molar-refractivity contribution in [2.45, 2.75) is 44.4 Å². The number of methoxy groups -OCH3 is 1. The van der Waals surface area contributed by atoms with Gasteiger partial charge in [0.25, 0.3) is 0 Å². The van der Waals surface area contributed by atoms with Gasteiger partial charge in [0.05, 0.1) is 36.9 Å². The van der Waals surface area contributed by atoms with Crippen molar-refractivity contribution in [3.63, 3.8) is 0 Å². The van der Waals surface area contributed by atoms with Gasteiger partial charge in [-0.05, 0) is 37.8 Å². The van der Waals surface area contributed by atoms with Crippen molar-refractivity contribution < 1.29 is 14.3 Å². The number of nitrogens with one attached hydrogen (secondary N) is 1. The first-order valence-corrected chi connectivity index (χ1v) is 9.43. The minimum Gasteiger partial charge on any atom is -0.480 e. The van der Waals surface area contributed by atoms with Crippen LogP contribution in [0.2, 0.25) is 0 Å². The van der Waals surface area contributed by atoms with Crippen molar-refractivity contribution in [3.05, 3.63) is 43.0 Å². The van der Waals surface area contributed by atoms with E-state index >= 15 is 0 Å². The molecule has 8 heteroatoms. The van der Waals surface area contributed by atoms with E-state index in [4.69, 9.17) is 9.47 Å². The molecular formula is C20H23N5O3. The highest BCUT2D eigenvalue weighted by molar-refractivity contribution is 5.80. The summed E-state index contributed by atoms with van der Waals surface area (Å²) in [4.78, 5) is 25.1. The molecule has 28 heavy (non-hydrogen) atoms. The third-order valence-electron chi connectivity index (χ3n) is 4.97. The number of imidazole rings is 1. The van der Waals surface area contributed by atoms with E-state index in [1.807, 2.05) is 28.8 Å². The molecule has 0 bridgehead atoms. The summed E-state index contributed by atoms with van der Waals surface area (Å²) in [5.41, 5.74) is 1.86. The highest BCUT2D eigenvalue weighted by atomic mass is 16.5. The number of carbonyl (C=O) groups is 1. The van der Waals surface area contributed by atoms with E-state index < -0.39 is 0 Å². The molecule has 146 valence electrons. The van der Waals surface area contributed by atoms with Crippen LogP contribution in [0, 0.1) is 0 Å². The number of amides is 1. The number of carbonyl (C=O) groups excluding carboxylic acids is 1. The number of para-hydroxylation sites is 2. The number of rotatable bonds is 6. The Kier molecular flexibility index (Phi) is 5.36. The van der Waals surface area contributed by atoms with Crippen LogP contribution in [-0.2, 0) is 11.3 Å². The second kappa shape index (κ2) is 8.24. The number of nitrogens with zero attached hydrogens (tertiary/aromatic N) is 4. The molecule has 0 aliphatic heterocycles. The summed E-state index contributed by atoms with van der Waals surface area (Å²) < 4.78 is 12.8. The van der Waals surface area contributed by atoms with Crippen molar-refractivity contribution in [1.82, 2.24) is 24.8 Å². The Bertz CT molecular complexity index is 950. The molecule has 4 rings (SSSR count). The fraction of sp³-hybridized carbons (Fsp3) is 0.400. The Labute approximate surface area is 162 Å². The van der Waals surface area contributed by atoms with Crippen molar-refractivity contribution in [3.8, 4) is 11.8 Å². The van der Waals surface area contributed by atoms with Crippen LogP contribution in [-0.4, -0.2) is 44.7 Å². The van der Waals surface area contributed by atoms with Crippen LogP contribution in [0.25, 0.3) is 11.0 Å². The van der Waals surface area contributed by atoms with Gasteiger partial charge in [0.15, 0.2) is 0 Å². The standard InChI is InChI=1S/C20H23N5O3/c1-27-19-10-21-11-20(24-19)28-15-8-6-14(7-9-15)23-18(26)12-25-13-22-16-4-2-3-5-17(16)25/h2-5,10-11,13-15H,6-9,12H2,1H3,(H,23,26). The smallest absolute Gasteiger partial charge is 0.240 e. The van der Waals surface area contributed by atoms with Crippen LogP contribution >= 0.6 is 0 Å². The molecular weight excluding hydrogens is 358 g/mol. The van der Waals surface area contributed by atoms with E-state index in [-0.39, 0.29) is 24.6 Å². The lowest BCUT2D eigenvalue weighted by atomic mass is 9.93. The van der Waals surface area contributed by atoms with E-state index in [9.17, 15) is 4.79 Å². The van der Waals surface area contributed by atoms with Crippen molar-refractivity contribution in [1.29, 1.82) is 0 Å². The summed E-state index contributed by atoms with van der Waals surface area (Å²) in [7, 11) is 1.55. The summed E-state index contributed by atoms with van der Waals surface area (Å²) in [6.45, 7) is 0.274. The normalized spacial score (nSPS) is 19.3. The maximum absolute atomic E-state index is 12.4. The van der Waals surface area contributed by atoms with E-state index in [0.29, 0.717) is 11.8 Å². The minimum atomic E-state index is 0.00573. The Balaban J connectivity index is 1.26. The fourth-order valence-electron chi connectivity index (χ4n) is 3.55. The zero-order valence-corrected chi connectivity index (χ0v) is 15.7. The van der Waals surface area contributed by atoms with Crippen LogP contribution in [0.3, 0.4) is 0 Å². The molecule has 0 unspecified atom stereocenters. The summed E-state index contributed by atoms with van der Waals surface area (Å²) in [5.74, 6) is 0.912. The second-order valence-corrected chi connectivity index (χ2v) is 6.92. The van der Waals surface area contributed by atoms with Gasteiger partial charge in [-0.2, -0.15) is 4.98 Å². The van der Waals surface area contributed by atoms with Crippen LogP contribution < -0.4 is 14.8 Å². The Morgan fingerprint density at radius 3 is 2.79 bits per heavy atom. The number of hydrogen-bond donors (Lipinski definition) is 1. The summed E-state index contributed by atoms with van der Waals surface area (Å²) in [5, 5.41) is 3.13. The predicted octanol–water partition coefficient (Wildman–Crippen LogP) is 2.34. The summed E-state index contributed by atoms with van der Waals surface area (Å²) in [6.07, 6.45) is 8.39. The SMILES string of the molecule is COc1cncc(OC2CCC(NC(=O)Cn3cnc4ccccc43)CC2)n1. The maximum atomic E-state index is 12.4. The Morgan fingerprint density at radius 1 is 1.18 bits per heavy atom. The Hall–Kier alpha value is -3.16. The average Bonchev–Trinajstić information content (AvgIpc) is 3.12. The van der Waals surface area contributed by atoms with Crippen molar-refractivity contribution >= 4 is 16.9 Å². The molecule has 0 saturated heterocycles. The first-order chi connectivity index (χ1) is 13.7. The summed E-state index contributed by atoms with van der Waals surface area (Å²) >= 11 is 0. The predicted molar refractivity (Wildman–Crippen MR) is 103 cm³/mol. The molecule has 1 aliphatic rings. The van der Waals surface area contributed by atoms with Gasteiger partial charge < -0.3 is 19.4 Å². The molecule has 0 radical (unpaired) electrons. The lowest BCUT2D eigenvalue weighted by Gasteiger charge is -2.29. The number of fused-ring (bicyclic) bond motifs is 1. The van der Waals surface area contributed by atoms with Gasteiger partial charge >= 0.3 is 0 Å². The van der Waals surface area contributed by atoms with Crippen LogP contribution in [0.1, 0.15) is 25.7 Å². The number of ether oxygens (including phenoxy) is 2. The average molecular weight is 381 g/mol. The van der Waals surface area contributed by atoms with Crippen LogP contribution in [0.5, 0.6) is 11.8 Å². The fourth-order valence-corrected chi connectivity index (χ4v) is 3.55. The van der Waals surface area contributed by atoms with Gasteiger partial charge in [0.1, 0.15) is 12.6 Å². The van der Waals surface area contributed by atoms with Crippen molar-refractivity contribution in [2.24, 2.45) is 0 Å². The monoisotopic (exact) mass is 381 g/mol. The molecule has 3 aromatic rings. The largest absolute Gasteiger partial charge is 0.480 e. The lowest BCUT2D eigenvalue weighted by molar-refractivity contribution is -0.122. The highest BCUT2D eigenvalue weighted by Gasteiger charge is 2.24. The van der Waals surface area contributed by atoms with Crippen LogP contribution in [0.4, 0.5) is 0 Å². The van der Waals surface area contributed by atoms with Gasteiger partial charge in [-0.15, -0.1) is 0 Å². The zero-order valence-electron chi connectivity index (χ0n) is 15.7. The molecule has 1 saturated carbocycles. The van der Waals surface area contributed by atoms with Gasteiger partial charge in [0, 0.05) is 6.04 Å². The molecule has 1 fully saturated rings. The van der Waals surface area contributed by atoms with E-state index in [2.05, 4.69) is 20.3 Å². The molecule has 2 heterocycles. The number of aromatic nitrogens is 4. The molecule has 0 atom stereocenters. The molecule has 1 N–H and O–H groups in total. The number of hydrogen-bond acceptors (Lipinski definition) is 6. The minimum absolute atomic E-state index is 0.00573. The third kappa shape index (κ3) is 4.21. The molecule has 1 amide bonds. The third-order valence-corrected chi connectivity index (χ3v) is 4.97. The second-order valence-electron chi connectivity index (χ2n) is 6.92. The van der Waals surface area contributed by atoms with E-state index in [1.165, 1.54) is 0 Å². The summed E-state index contributed by atoms with van der Waals surface area (Å²) in [6, 6.07) is 7.97. The first-order valence-electron chi connectivity index (χ1n) is 9.43. The highest BCUT2D eigenvalue weighted by Crippen LogP contribution is 2.23. The maximum Gasteiger partial charge on any atom is 0.240 e. The van der Waals surface area contributed by atoms with E-state index in [0.717, 1.165) is 36.7 Å². The molecule has 0 spiro atoms. The van der Waals surface area contributed by atoms with Gasteiger partial charge in [-0.1, -0.05) is 12.1 Å².